The van der Waals surface area contributed by atoms with Crippen molar-refractivity contribution in [3.05, 3.63) is 72.4 Å². The molecule has 2 aliphatic heterocycles. The molecule has 38 heavy (non-hydrogen) atoms. The van der Waals surface area contributed by atoms with E-state index in [0.717, 1.165) is 11.1 Å². The van der Waals surface area contributed by atoms with Crippen LogP contribution in [0.4, 0.5) is 11.4 Å². The molecule has 2 N–H and O–H groups in total. The maximum Gasteiger partial charge on any atom is 0.337 e. The zero-order valence-electron chi connectivity index (χ0n) is 20.1. The van der Waals surface area contributed by atoms with Gasteiger partial charge < -0.3 is 24.6 Å². The van der Waals surface area contributed by atoms with Crippen molar-refractivity contribution >= 4 is 38.3 Å². The highest BCUT2D eigenvalue weighted by molar-refractivity contribution is 7.89. The zero-order valence-corrected chi connectivity index (χ0v) is 20.9. The van der Waals surface area contributed by atoms with Crippen LogP contribution in [0.3, 0.4) is 0 Å². The number of ether oxygens (including phenoxy) is 3. The minimum atomic E-state index is -3.98. The number of carboxylic acid groups (broad SMARTS) is 1. The first kappa shape index (κ1) is 24.2. The Morgan fingerprint density at radius 1 is 0.947 bits per heavy atom. The average Bonchev–Trinajstić information content (AvgIpc) is 3.41. The summed E-state index contributed by atoms with van der Waals surface area (Å²) in [5.41, 5.74) is 2.71. The van der Waals surface area contributed by atoms with Gasteiger partial charge in [-0.2, -0.15) is 4.31 Å². The van der Waals surface area contributed by atoms with Crippen LogP contribution in [0, 0.1) is 0 Å². The Hall–Kier alpha value is -4.19. The summed E-state index contributed by atoms with van der Waals surface area (Å²) in [4.78, 5) is 16.3. The van der Waals surface area contributed by atoms with E-state index in [4.69, 9.17) is 14.2 Å². The van der Waals surface area contributed by atoms with Crippen molar-refractivity contribution < 1.29 is 32.5 Å². The molecule has 4 aromatic rings. The van der Waals surface area contributed by atoms with Gasteiger partial charge in [-0.05, 0) is 47.5 Å². The van der Waals surface area contributed by atoms with Gasteiger partial charge in [-0.25, -0.2) is 13.2 Å². The van der Waals surface area contributed by atoms with Gasteiger partial charge in [0.2, 0.25) is 16.8 Å². The van der Waals surface area contributed by atoms with Crippen molar-refractivity contribution in [3.63, 3.8) is 0 Å². The van der Waals surface area contributed by atoms with Gasteiger partial charge in [0.1, 0.15) is 4.90 Å². The molecule has 1 aromatic heterocycles. The summed E-state index contributed by atoms with van der Waals surface area (Å²) in [5.74, 6) is 0.144. The number of anilines is 2. The van der Waals surface area contributed by atoms with Crippen LogP contribution in [0.25, 0.3) is 22.0 Å². The Morgan fingerprint density at radius 2 is 1.68 bits per heavy atom. The number of aromatic nitrogens is 1. The monoisotopic (exact) mass is 533 g/mol. The molecule has 0 saturated carbocycles. The van der Waals surface area contributed by atoms with E-state index in [0.29, 0.717) is 35.6 Å². The Bertz CT molecular complexity index is 1670. The standard InChI is InChI=1S/C27H23N3O7S/c31-27(32)19-3-1-2-4-22(19)29-26-20-13-17(18-6-8-23-24(14-18)37-16-36-23)5-7-21(20)28-15-25(26)38(33,34)30-9-11-35-12-10-30/h1-8,13-15H,9-12,16H2,(H,28,29)(H,31,32). The van der Waals surface area contributed by atoms with Gasteiger partial charge in [-0.15, -0.1) is 0 Å². The van der Waals surface area contributed by atoms with Crippen molar-refractivity contribution in [2.75, 3.05) is 38.4 Å². The summed E-state index contributed by atoms with van der Waals surface area (Å²) in [6.45, 7) is 1.16. The Morgan fingerprint density at radius 3 is 2.50 bits per heavy atom. The fraction of sp³-hybridized carbons (Fsp3) is 0.185. The number of pyridine rings is 1. The van der Waals surface area contributed by atoms with E-state index in [1.165, 1.54) is 16.6 Å². The molecule has 3 heterocycles. The molecular weight excluding hydrogens is 510 g/mol. The first-order chi connectivity index (χ1) is 18.4. The van der Waals surface area contributed by atoms with Gasteiger partial charge in [0, 0.05) is 24.7 Å². The molecule has 11 heteroatoms. The molecule has 2 aliphatic rings. The van der Waals surface area contributed by atoms with Gasteiger partial charge >= 0.3 is 5.97 Å². The van der Waals surface area contributed by atoms with Crippen LogP contribution in [-0.4, -0.2) is 61.9 Å². The molecule has 3 aromatic carbocycles. The number of hydrogen-bond donors (Lipinski definition) is 2. The van der Waals surface area contributed by atoms with Gasteiger partial charge in [0.05, 0.1) is 35.7 Å². The first-order valence-electron chi connectivity index (χ1n) is 11.9. The third kappa shape index (κ3) is 4.30. The predicted molar refractivity (Wildman–Crippen MR) is 140 cm³/mol. The van der Waals surface area contributed by atoms with E-state index in [2.05, 4.69) is 10.3 Å². The molecule has 0 atom stereocenters. The second-order valence-corrected chi connectivity index (χ2v) is 10.7. The number of benzene rings is 3. The third-order valence-electron chi connectivity index (χ3n) is 6.54. The minimum Gasteiger partial charge on any atom is -0.478 e. The molecule has 0 amide bonds. The smallest absolute Gasteiger partial charge is 0.337 e. The van der Waals surface area contributed by atoms with Crippen LogP contribution < -0.4 is 14.8 Å². The number of nitrogens with zero attached hydrogens (tertiary/aromatic N) is 2. The maximum absolute atomic E-state index is 13.8. The molecule has 0 bridgehead atoms. The van der Waals surface area contributed by atoms with E-state index < -0.39 is 16.0 Å². The lowest BCUT2D eigenvalue weighted by Gasteiger charge is -2.27. The summed E-state index contributed by atoms with van der Waals surface area (Å²) in [6, 6.07) is 17.5. The van der Waals surface area contributed by atoms with Gasteiger partial charge in [0.15, 0.2) is 11.5 Å². The van der Waals surface area contributed by atoms with Gasteiger partial charge in [0.25, 0.3) is 0 Å². The fourth-order valence-corrected chi connectivity index (χ4v) is 6.11. The molecule has 1 saturated heterocycles. The van der Waals surface area contributed by atoms with Crippen LogP contribution >= 0.6 is 0 Å². The van der Waals surface area contributed by atoms with Crippen LogP contribution in [-0.2, 0) is 14.8 Å². The Balaban J connectivity index is 1.55. The van der Waals surface area contributed by atoms with Crippen LogP contribution in [0.1, 0.15) is 10.4 Å². The minimum absolute atomic E-state index is 0.0131. The lowest BCUT2D eigenvalue weighted by atomic mass is 10.0. The zero-order chi connectivity index (χ0) is 26.3. The van der Waals surface area contributed by atoms with Crippen LogP contribution in [0.15, 0.2) is 71.8 Å². The molecule has 194 valence electrons. The predicted octanol–water partition coefficient (Wildman–Crippen LogP) is 4.09. The largest absolute Gasteiger partial charge is 0.478 e. The van der Waals surface area contributed by atoms with Crippen molar-refractivity contribution in [3.8, 4) is 22.6 Å². The summed E-state index contributed by atoms with van der Waals surface area (Å²) in [5, 5.41) is 13.4. The molecule has 1 fully saturated rings. The van der Waals surface area contributed by atoms with E-state index in [-0.39, 0.29) is 41.7 Å². The number of nitrogens with one attached hydrogen (secondary N) is 1. The highest BCUT2D eigenvalue weighted by Gasteiger charge is 2.30. The highest BCUT2D eigenvalue weighted by Crippen LogP contribution is 2.39. The van der Waals surface area contributed by atoms with E-state index in [1.807, 2.05) is 30.3 Å². The lowest BCUT2D eigenvalue weighted by molar-refractivity contribution is 0.0698. The summed E-state index contributed by atoms with van der Waals surface area (Å²) >= 11 is 0. The summed E-state index contributed by atoms with van der Waals surface area (Å²) < 4.78 is 45.2. The van der Waals surface area contributed by atoms with Gasteiger partial charge in [-0.1, -0.05) is 24.3 Å². The number of aromatic carboxylic acids is 1. The van der Waals surface area contributed by atoms with Crippen LogP contribution in [0.2, 0.25) is 0 Å². The normalized spacial score (nSPS) is 15.5. The third-order valence-corrected chi connectivity index (χ3v) is 8.45. The second-order valence-electron chi connectivity index (χ2n) is 8.79. The maximum atomic E-state index is 13.8. The molecule has 0 unspecified atom stereocenters. The van der Waals surface area contributed by atoms with Crippen molar-refractivity contribution in [1.82, 2.24) is 9.29 Å². The van der Waals surface area contributed by atoms with E-state index in [1.54, 1.807) is 24.3 Å². The number of carbonyl (C=O) groups is 1. The van der Waals surface area contributed by atoms with Crippen molar-refractivity contribution in [2.45, 2.75) is 4.90 Å². The molecule has 0 aliphatic carbocycles. The van der Waals surface area contributed by atoms with Crippen molar-refractivity contribution in [2.24, 2.45) is 0 Å². The molecule has 0 spiro atoms. The van der Waals surface area contributed by atoms with Crippen LogP contribution in [0.5, 0.6) is 11.5 Å². The Labute approximate surface area is 218 Å². The Kier molecular flexibility index (Phi) is 6.10. The number of sulfonamides is 1. The van der Waals surface area contributed by atoms with E-state index >= 15 is 0 Å². The second kappa shape index (κ2) is 9.60. The summed E-state index contributed by atoms with van der Waals surface area (Å²) in [6.07, 6.45) is 1.32. The first-order valence-corrected chi connectivity index (χ1v) is 13.4. The average molecular weight is 534 g/mol. The topological polar surface area (TPSA) is 127 Å². The molecular formula is C27H23N3O7S. The van der Waals surface area contributed by atoms with E-state index in [9.17, 15) is 18.3 Å². The quantitative estimate of drug-likeness (QED) is 0.377. The number of fused-ring (bicyclic) bond motifs is 2. The molecule has 6 rings (SSSR count). The number of carboxylic acids is 1. The number of hydrogen-bond acceptors (Lipinski definition) is 8. The number of rotatable bonds is 6. The fourth-order valence-electron chi connectivity index (χ4n) is 4.59. The summed E-state index contributed by atoms with van der Waals surface area (Å²) in [7, 11) is -3.98. The molecule has 10 nitrogen and oxygen atoms in total. The SMILES string of the molecule is O=C(O)c1ccccc1Nc1c(S(=O)(=O)N2CCOCC2)cnc2ccc(-c3ccc4c(c3)OCO4)cc12. The van der Waals surface area contributed by atoms with Gasteiger partial charge in [-0.3, -0.25) is 4.98 Å². The van der Waals surface area contributed by atoms with Crippen molar-refractivity contribution in [1.29, 1.82) is 0 Å². The lowest BCUT2D eigenvalue weighted by Crippen LogP contribution is -2.40. The number of morpholine rings is 1. The molecule has 0 radical (unpaired) electrons. The highest BCUT2D eigenvalue weighted by atomic mass is 32.2. The number of para-hydroxylation sites is 1.